The molecule has 6 nitrogen and oxygen atoms in total. The summed E-state index contributed by atoms with van der Waals surface area (Å²) >= 11 is 0. The minimum absolute atomic E-state index is 0. The first-order valence-corrected chi connectivity index (χ1v) is 11.1. The molecule has 1 atom stereocenters. The van der Waals surface area contributed by atoms with Crippen molar-refractivity contribution in [3.8, 4) is 0 Å². The molecule has 0 bridgehead atoms. The zero-order chi connectivity index (χ0) is 18.5. The number of halogens is 1. The van der Waals surface area contributed by atoms with Crippen molar-refractivity contribution in [2.75, 3.05) is 65.6 Å². The van der Waals surface area contributed by atoms with Crippen LogP contribution in [0, 0.1) is 0 Å². The maximum Gasteiger partial charge on any atom is 0.194 e. The molecule has 0 saturated carbocycles. The molecule has 0 amide bonds. The van der Waals surface area contributed by atoms with E-state index in [1.807, 2.05) is 0 Å². The SMILES string of the molecule is CCNC(=NCC1(N2CCCC2)CCOCC1)N1CCC(N2CC=CC2)C1.I. The van der Waals surface area contributed by atoms with Gasteiger partial charge in [-0.2, -0.15) is 0 Å². The quantitative estimate of drug-likeness (QED) is 0.270. The highest BCUT2D eigenvalue weighted by molar-refractivity contribution is 14.0. The van der Waals surface area contributed by atoms with Gasteiger partial charge >= 0.3 is 0 Å². The molecule has 4 aliphatic heterocycles. The molecule has 0 aromatic carbocycles. The summed E-state index contributed by atoms with van der Waals surface area (Å²) < 4.78 is 5.70. The summed E-state index contributed by atoms with van der Waals surface area (Å²) in [5, 5.41) is 3.58. The molecule has 0 radical (unpaired) electrons. The first kappa shape index (κ1) is 22.3. The molecule has 3 saturated heterocycles. The Balaban J connectivity index is 0.00000225. The number of rotatable bonds is 5. The fourth-order valence-electron chi connectivity index (χ4n) is 5.19. The van der Waals surface area contributed by atoms with Crippen LogP contribution in [0.15, 0.2) is 17.1 Å². The average molecular weight is 503 g/mol. The van der Waals surface area contributed by atoms with Crippen molar-refractivity contribution in [1.82, 2.24) is 20.0 Å². The highest BCUT2D eigenvalue weighted by Gasteiger charge is 2.40. The second-order valence-corrected chi connectivity index (χ2v) is 8.51. The van der Waals surface area contributed by atoms with E-state index in [2.05, 4.69) is 39.1 Å². The van der Waals surface area contributed by atoms with Gasteiger partial charge in [0.2, 0.25) is 0 Å². The number of hydrogen-bond acceptors (Lipinski definition) is 4. The van der Waals surface area contributed by atoms with E-state index >= 15 is 0 Å². The van der Waals surface area contributed by atoms with E-state index in [1.54, 1.807) is 0 Å². The molecule has 3 fully saturated rings. The molecule has 0 aromatic rings. The first-order chi connectivity index (χ1) is 13.3. The largest absolute Gasteiger partial charge is 0.381 e. The Morgan fingerprint density at radius 2 is 1.86 bits per heavy atom. The second-order valence-electron chi connectivity index (χ2n) is 8.51. The summed E-state index contributed by atoms with van der Waals surface area (Å²) in [5.74, 6) is 1.12. The van der Waals surface area contributed by atoms with E-state index in [9.17, 15) is 0 Å². The van der Waals surface area contributed by atoms with Crippen LogP contribution in [0.1, 0.15) is 39.0 Å². The van der Waals surface area contributed by atoms with Gasteiger partial charge in [0.25, 0.3) is 0 Å². The number of hydrogen-bond donors (Lipinski definition) is 1. The van der Waals surface area contributed by atoms with Gasteiger partial charge in [-0.15, -0.1) is 24.0 Å². The van der Waals surface area contributed by atoms with Gasteiger partial charge in [0.1, 0.15) is 0 Å². The van der Waals surface area contributed by atoms with E-state index in [0.717, 1.165) is 71.3 Å². The van der Waals surface area contributed by atoms with Crippen LogP contribution in [0.25, 0.3) is 0 Å². The molecule has 28 heavy (non-hydrogen) atoms. The van der Waals surface area contributed by atoms with Gasteiger partial charge in [-0.05, 0) is 52.1 Å². The monoisotopic (exact) mass is 503 g/mol. The molecule has 4 aliphatic rings. The Kier molecular flexibility index (Phi) is 8.44. The number of likely N-dealkylation sites (tertiary alicyclic amines) is 2. The van der Waals surface area contributed by atoms with Crippen LogP contribution in [-0.2, 0) is 4.74 Å². The van der Waals surface area contributed by atoms with E-state index in [0.29, 0.717) is 6.04 Å². The molecule has 0 spiro atoms. The van der Waals surface area contributed by atoms with Crippen LogP contribution in [-0.4, -0.2) is 97.8 Å². The lowest BCUT2D eigenvalue weighted by atomic mass is 9.88. The third-order valence-corrected chi connectivity index (χ3v) is 6.88. The van der Waals surface area contributed by atoms with Crippen molar-refractivity contribution in [3.63, 3.8) is 0 Å². The Morgan fingerprint density at radius 1 is 1.14 bits per heavy atom. The van der Waals surface area contributed by atoms with Crippen LogP contribution in [0.3, 0.4) is 0 Å². The summed E-state index contributed by atoms with van der Waals surface area (Å²) in [7, 11) is 0. The fraction of sp³-hybridized carbons (Fsp3) is 0.857. The second kappa shape index (κ2) is 10.6. The normalized spacial score (nSPS) is 28.7. The number of aliphatic imine (C=N–C) groups is 1. The predicted octanol–water partition coefficient (Wildman–Crippen LogP) is 2.16. The van der Waals surface area contributed by atoms with Crippen molar-refractivity contribution < 1.29 is 4.74 Å². The Bertz CT molecular complexity index is 535. The van der Waals surface area contributed by atoms with Crippen LogP contribution in [0.4, 0.5) is 0 Å². The van der Waals surface area contributed by atoms with Gasteiger partial charge in [0.15, 0.2) is 5.96 Å². The minimum Gasteiger partial charge on any atom is -0.381 e. The molecule has 0 aromatic heterocycles. The van der Waals surface area contributed by atoms with Crippen molar-refractivity contribution in [2.45, 2.75) is 50.6 Å². The highest BCUT2D eigenvalue weighted by Crippen LogP contribution is 2.32. The van der Waals surface area contributed by atoms with E-state index in [4.69, 9.17) is 9.73 Å². The number of ether oxygens (including phenoxy) is 1. The van der Waals surface area contributed by atoms with Crippen molar-refractivity contribution in [1.29, 1.82) is 0 Å². The molecular formula is C21H38IN5O. The molecule has 1 unspecified atom stereocenters. The van der Waals surface area contributed by atoms with Gasteiger partial charge in [0, 0.05) is 57.5 Å². The lowest BCUT2D eigenvalue weighted by molar-refractivity contribution is -0.0139. The van der Waals surface area contributed by atoms with Gasteiger partial charge < -0.3 is 15.0 Å². The van der Waals surface area contributed by atoms with Crippen LogP contribution in [0.2, 0.25) is 0 Å². The van der Waals surface area contributed by atoms with E-state index < -0.39 is 0 Å². The van der Waals surface area contributed by atoms with E-state index in [1.165, 1.54) is 32.4 Å². The minimum atomic E-state index is 0. The molecule has 0 aliphatic carbocycles. The third-order valence-electron chi connectivity index (χ3n) is 6.88. The molecule has 7 heteroatoms. The van der Waals surface area contributed by atoms with Gasteiger partial charge in [-0.3, -0.25) is 14.8 Å². The summed E-state index contributed by atoms with van der Waals surface area (Å²) in [6, 6.07) is 0.666. The number of nitrogens with one attached hydrogen (secondary N) is 1. The number of guanidine groups is 1. The van der Waals surface area contributed by atoms with Crippen molar-refractivity contribution in [2.24, 2.45) is 4.99 Å². The highest BCUT2D eigenvalue weighted by atomic mass is 127. The molecule has 4 rings (SSSR count). The van der Waals surface area contributed by atoms with Gasteiger partial charge in [-0.25, -0.2) is 0 Å². The Morgan fingerprint density at radius 3 is 2.54 bits per heavy atom. The maximum atomic E-state index is 5.70. The Hall–Kier alpha value is -0.380. The fourth-order valence-corrected chi connectivity index (χ4v) is 5.19. The smallest absolute Gasteiger partial charge is 0.194 e. The van der Waals surface area contributed by atoms with Crippen molar-refractivity contribution in [3.05, 3.63) is 12.2 Å². The summed E-state index contributed by atoms with van der Waals surface area (Å²) in [6.07, 6.45) is 10.8. The molecular weight excluding hydrogens is 465 g/mol. The molecule has 160 valence electrons. The predicted molar refractivity (Wildman–Crippen MR) is 126 cm³/mol. The van der Waals surface area contributed by atoms with Crippen molar-refractivity contribution >= 4 is 29.9 Å². The third kappa shape index (κ3) is 5.02. The lowest BCUT2D eigenvalue weighted by Gasteiger charge is -2.43. The number of nitrogens with zero attached hydrogens (tertiary/aromatic N) is 4. The van der Waals surface area contributed by atoms with Crippen LogP contribution >= 0.6 is 24.0 Å². The summed E-state index contributed by atoms with van der Waals surface area (Å²) in [4.78, 5) is 13.0. The maximum absolute atomic E-state index is 5.70. The summed E-state index contributed by atoms with van der Waals surface area (Å²) in [5.41, 5.74) is 0.216. The van der Waals surface area contributed by atoms with Crippen LogP contribution in [0.5, 0.6) is 0 Å². The first-order valence-electron chi connectivity index (χ1n) is 11.1. The van der Waals surface area contributed by atoms with Gasteiger partial charge in [0.05, 0.1) is 6.54 Å². The van der Waals surface area contributed by atoms with Gasteiger partial charge in [-0.1, -0.05) is 12.2 Å². The standard InChI is InChI=1S/C21H37N5O.HI/c1-2-22-20(25-14-7-19(17-25)24-10-3-4-11-24)23-18-21(8-15-27-16-9-21)26-12-5-6-13-26;/h3-4,19H,2,5-18H2,1H3,(H,22,23);1H. The summed E-state index contributed by atoms with van der Waals surface area (Å²) in [6.45, 7) is 12.7. The zero-order valence-corrected chi connectivity index (χ0v) is 19.8. The average Bonchev–Trinajstić information content (AvgIpc) is 3.47. The van der Waals surface area contributed by atoms with Crippen LogP contribution < -0.4 is 5.32 Å². The molecule has 4 heterocycles. The topological polar surface area (TPSA) is 43.3 Å². The van der Waals surface area contributed by atoms with E-state index in [-0.39, 0.29) is 29.5 Å². The zero-order valence-electron chi connectivity index (χ0n) is 17.4. The Labute approximate surface area is 187 Å². The lowest BCUT2D eigenvalue weighted by Crippen LogP contribution is -2.54. The molecule has 1 N–H and O–H groups in total.